The zero-order valence-corrected chi connectivity index (χ0v) is 12.4. The molecule has 0 aliphatic carbocycles. The Labute approximate surface area is 136 Å². The summed E-state index contributed by atoms with van der Waals surface area (Å²) in [5, 5.41) is 10.0. The first kappa shape index (κ1) is 14.9. The Morgan fingerprint density at radius 3 is 2.43 bits per heavy atom. The first-order chi connectivity index (χ1) is 11.1. The van der Waals surface area contributed by atoms with Gasteiger partial charge in [-0.25, -0.2) is 24.6 Å². The normalized spacial score (nSPS) is 10.3. The van der Waals surface area contributed by atoms with E-state index < -0.39 is 6.09 Å². The Morgan fingerprint density at radius 1 is 1.09 bits per heavy atom. The third kappa shape index (κ3) is 3.24. The summed E-state index contributed by atoms with van der Waals surface area (Å²) in [6.45, 7) is 0. The Balaban J connectivity index is 2.04. The van der Waals surface area contributed by atoms with E-state index in [9.17, 15) is 9.90 Å². The monoisotopic (exact) mass is 327 g/mol. The fourth-order valence-electron chi connectivity index (χ4n) is 1.93. The minimum absolute atomic E-state index is 0.143. The molecule has 0 atom stereocenters. The van der Waals surface area contributed by atoms with Gasteiger partial charge in [-0.2, -0.15) is 0 Å². The molecular formula is C15H10ClN5O2. The van der Waals surface area contributed by atoms with Crippen molar-refractivity contribution in [3.63, 3.8) is 0 Å². The Kier molecular flexibility index (Phi) is 4.11. The van der Waals surface area contributed by atoms with Crippen LogP contribution in [-0.4, -0.2) is 31.1 Å². The lowest BCUT2D eigenvalue weighted by molar-refractivity contribution is 0.204. The van der Waals surface area contributed by atoms with E-state index >= 15 is 0 Å². The van der Waals surface area contributed by atoms with Gasteiger partial charge in [0.25, 0.3) is 0 Å². The molecule has 8 heteroatoms. The summed E-state index contributed by atoms with van der Waals surface area (Å²) in [5.74, 6) is 0.507. The highest BCUT2D eigenvalue weighted by atomic mass is 35.5. The van der Waals surface area contributed by atoms with Crippen molar-refractivity contribution in [3.05, 3.63) is 60.1 Å². The molecule has 1 N–H and O–H groups in total. The van der Waals surface area contributed by atoms with Crippen molar-refractivity contribution in [2.75, 3.05) is 4.90 Å². The van der Waals surface area contributed by atoms with Gasteiger partial charge in [0.2, 0.25) is 0 Å². The van der Waals surface area contributed by atoms with Crippen molar-refractivity contribution < 1.29 is 9.90 Å². The second kappa shape index (κ2) is 6.37. The summed E-state index contributed by atoms with van der Waals surface area (Å²) < 4.78 is 0. The molecule has 0 saturated carbocycles. The summed E-state index contributed by atoms with van der Waals surface area (Å²) in [7, 11) is 0. The molecule has 114 valence electrons. The Hall–Kier alpha value is -3.06. The molecule has 2 aromatic heterocycles. The second-order valence-electron chi connectivity index (χ2n) is 4.43. The average molecular weight is 328 g/mol. The first-order valence-electron chi connectivity index (χ1n) is 6.53. The van der Waals surface area contributed by atoms with Crippen molar-refractivity contribution in [1.82, 2.24) is 19.9 Å². The number of anilines is 2. The van der Waals surface area contributed by atoms with Gasteiger partial charge in [-0.05, 0) is 30.3 Å². The molecule has 0 aliphatic heterocycles. The zero-order chi connectivity index (χ0) is 16.2. The van der Waals surface area contributed by atoms with E-state index in [4.69, 9.17) is 11.6 Å². The van der Waals surface area contributed by atoms with Crippen molar-refractivity contribution >= 4 is 29.2 Å². The zero-order valence-electron chi connectivity index (χ0n) is 11.7. The summed E-state index contributed by atoms with van der Waals surface area (Å²) >= 11 is 5.84. The van der Waals surface area contributed by atoms with E-state index in [2.05, 4.69) is 19.9 Å². The molecule has 0 bridgehead atoms. The molecule has 23 heavy (non-hydrogen) atoms. The number of nitrogens with zero attached hydrogens (tertiary/aromatic N) is 5. The number of benzene rings is 1. The minimum Gasteiger partial charge on any atom is -0.464 e. The molecule has 0 spiro atoms. The fourth-order valence-corrected chi connectivity index (χ4v) is 2.06. The molecule has 0 aliphatic rings. The highest BCUT2D eigenvalue weighted by Crippen LogP contribution is 2.26. The second-order valence-corrected chi connectivity index (χ2v) is 4.87. The van der Waals surface area contributed by atoms with Crippen LogP contribution in [0.25, 0.3) is 11.5 Å². The van der Waals surface area contributed by atoms with Gasteiger partial charge in [0, 0.05) is 17.4 Å². The summed E-state index contributed by atoms with van der Waals surface area (Å²) in [5.41, 5.74) is 0.783. The molecule has 0 saturated heterocycles. The number of carboxylic acid groups (broad SMARTS) is 1. The molecular weight excluding hydrogens is 318 g/mol. The number of aromatic nitrogens is 4. The Bertz CT molecular complexity index is 827. The van der Waals surface area contributed by atoms with Crippen LogP contribution >= 0.6 is 11.6 Å². The fraction of sp³-hybridized carbons (Fsp3) is 0. The highest BCUT2D eigenvalue weighted by molar-refractivity contribution is 6.30. The van der Waals surface area contributed by atoms with Crippen LogP contribution in [0.4, 0.5) is 16.3 Å². The molecule has 2 heterocycles. The predicted molar refractivity (Wildman–Crippen MR) is 84.7 cm³/mol. The third-order valence-corrected chi connectivity index (χ3v) is 3.17. The highest BCUT2D eigenvalue weighted by Gasteiger charge is 2.19. The molecule has 0 fully saturated rings. The summed E-state index contributed by atoms with van der Waals surface area (Å²) in [6, 6.07) is 8.06. The maximum Gasteiger partial charge on any atom is 0.417 e. The van der Waals surface area contributed by atoms with Crippen LogP contribution in [0.3, 0.4) is 0 Å². The first-order valence-corrected chi connectivity index (χ1v) is 6.91. The lowest BCUT2D eigenvalue weighted by atomic mass is 10.3. The van der Waals surface area contributed by atoms with Crippen LogP contribution in [0, 0.1) is 0 Å². The molecule has 3 rings (SSSR count). The number of hydrogen-bond acceptors (Lipinski definition) is 5. The smallest absolute Gasteiger partial charge is 0.417 e. The number of carbonyl (C=O) groups is 1. The van der Waals surface area contributed by atoms with E-state index in [1.165, 1.54) is 12.4 Å². The molecule has 0 unspecified atom stereocenters. The molecule has 3 aromatic rings. The molecule has 0 radical (unpaired) electrons. The van der Waals surface area contributed by atoms with Crippen LogP contribution in [0.15, 0.2) is 55.1 Å². The number of hydrogen-bond donors (Lipinski definition) is 1. The number of halogens is 1. The van der Waals surface area contributed by atoms with Crippen LogP contribution in [-0.2, 0) is 0 Å². The van der Waals surface area contributed by atoms with E-state index in [0.717, 1.165) is 4.90 Å². The minimum atomic E-state index is -1.19. The molecule has 1 aromatic carbocycles. The van der Waals surface area contributed by atoms with Gasteiger partial charge in [-0.15, -0.1) is 0 Å². The van der Waals surface area contributed by atoms with Gasteiger partial charge in [0.15, 0.2) is 11.6 Å². The van der Waals surface area contributed by atoms with E-state index in [-0.39, 0.29) is 5.82 Å². The largest absolute Gasteiger partial charge is 0.464 e. The number of rotatable bonds is 3. The standard InChI is InChI=1S/C15H10ClN5O2/c16-10-2-4-11(5-3-10)21(15(22)23)13-9-17-8-12(20-13)14-18-6-1-7-19-14/h1-9H,(H,22,23). The topological polar surface area (TPSA) is 92.1 Å². The van der Waals surface area contributed by atoms with Crippen LogP contribution < -0.4 is 4.90 Å². The van der Waals surface area contributed by atoms with Crippen LogP contribution in [0.1, 0.15) is 0 Å². The lowest BCUT2D eigenvalue weighted by Crippen LogP contribution is -2.24. The molecule has 1 amide bonds. The maximum atomic E-state index is 11.6. The van der Waals surface area contributed by atoms with Crippen molar-refractivity contribution in [2.45, 2.75) is 0 Å². The van der Waals surface area contributed by atoms with E-state index in [1.807, 2.05) is 0 Å². The third-order valence-electron chi connectivity index (χ3n) is 2.92. The number of amides is 1. The average Bonchev–Trinajstić information content (AvgIpc) is 2.58. The Morgan fingerprint density at radius 2 is 1.78 bits per heavy atom. The van der Waals surface area contributed by atoms with Crippen molar-refractivity contribution in [3.8, 4) is 11.5 Å². The molecule has 7 nitrogen and oxygen atoms in total. The summed E-state index contributed by atoms with van der Waals surface area (Å²) in [6.07, 6.45) is 4.79. The van der Waals surface area contributed by atoms with Crippen LogP contribution in [0.5, 0.6) is 0 Å². The van der Waals surface area contributed by atoms with Gasteiger partial charge in [0.1, 0.15) is 5.69 Å². The SMILES string of the molecule is O=C(O)N(c1ccc(Cl)cc1)c1cncc(-c2ncccn2)n1. The van der Waals surface area contributed by atoms with E-state index in [1.54, 1.807) is 42.7 Å². The van der Waals surface area contributed by atoms with Crippen molar-refractivity contribution in [2.24, 2.45) is 0 Å². The predicted octanol–water partition coefficient (Wildman–Crippen LogP) is 3.40. The summed E-state index contributed by atoms with van der Waals surface area (Å²) in [4.78, 5) is 29.1. The van der Waals surface area contributed by atoms with Gasteiger partial charge in [-0.1, -0.05) is 11.6 Å². The van der Waals surface area contributed by atoms with Gasteiger partial charge in [0.05, 0.1) is 18.1 Å². The van der Waals surface area contributed by atoms with Gasteiger partial charge in [-0.3, -0.25) is 4.98 Å². The van der Waals surface area contributed by atoms with Crippen molar-refractivity contribution in [1.29, 1.82) is 0 Å². The van der Waals surface area contributed by atoms with Gasteiger partial charge < -0.3 is 5.11 Å². The van der Waals surface area contributed by atoms with E-state index in [0.29, 0.717) is 22.2 Å². The lowest BCUT2D eigenvalue weighted by Gasteiger charge is -2.18. The van der Waals surface area contributed by atoms with Crippen LogP contribution in [0.2, 0.25) is 5.02 Å². The van der Waals surface area contributed by atoms with Gasteiger partial charge >= 0.3 is 6.09 Å². The quantitative estimate of drug-likeness (QED) is 0.792. The maximum absolute atomic E-state index is 11.6.